The van der Waals surface area contributed by atoms with Crippen LogP contribution in [0.5, 0.6) is 0 Å². The molecule has 19 heteroatoms. The van der Waals surface area contributed by atoms with Crippen molar-refractivity contribution in [3.05, 3.63) is 79.9 Å². The Morgan fingerprint density at radius 2 is 1.52 bits per heavy atom. The second-order valence-electron chi connectivity index (χ2n) is 13.9. The smallest absolute Gasteiger partial charge is 0.407 e. The van der Waals surface area contributed by atoms with Gasteiger partial charge in [0, 0.05) is 51.4 Å². The SMILES string of the molecule is Cc1cccc(S(=O)(=O)N[C@@H](CCCN=C(N)N[N+](=O)[O-])C(=O)N2CCN(CCCCCCCCCCCCNC(=O)OCc3ccc([N+](=O)[O-])cc3)CC2)c1. The molecular weight excluding hydrogens is 747 g/mol. The predicted octanol–water partition coefficient (Wildman–Crippen LogP) is 4.40. The summed E-state index contributed by atoms with van der Waals surface area (Å²) in [5.41, 5.74) is 8.69. The minimum absolute atomic E-state index is 0.00724. The van der Waals surface area contributed by atoms with Gasteiger partial charge < -0.3 is 20.7 Å². The number of hydrogen-bond acceptors (Lipinski definition) is 11. The standard InChI is InChI=1S/C37H57N9O9S/c1-30-14-12-15-33(28-30)56(53,54)42-34(16-13-22-39-36(38)41-46(51)52)35(47)44-26-24-43(25-27-44)23-11-9-7-5-3-2-4-6-8-10-21-40-37(48)55-29-31-17-19-32(20-18-31)45(49)50/h12,14-15,17-20,28,34,42H,2-11,13,16,21-27,29H2,1H3,(H,40,48)(H3,38,39,41)/t34-/m0/s1. The van der Waals surface area contributed by atoms with E-state index in [1.807, 2.05) is 0 Å². The highest BCUT2D eigenvalue weighted by Crippen LogP contribution is 2.17. The number of nitrogens with one attached hydrogen (secondary N) is 3. The monoisotopic (exact) mass is 803 g/mol. The number of hydrazine groups is 1. The first-order valence-corrected chi connectivity index (χ1v) is 20.8. The van der Waals surface area contributed by atoms with E-state index in [-0.39, 0.29) is 48.4 Å². The number of benzene rings is 2. The Hall–Kier alpha value is -4.88. The van der Waals surface area contributed by atoms with Gasteiger partial charge in [0.1, 0.15) is 12.6 Å². The number of alkyl carbamates (subject to hydrolysis) is 1. The Balaban J connectivity index is 1.24. The highest BCUT2D eigenvalue weighted by Gasteiger charge is 2.31. The molecule has 0 saturated carbocycles. The second kappa shape index (κ2) is 24.6. The third kappa shape index (κ3) is 17.7. The maximum Gasteiger partial charge on any atom is 0.407 e. The number of sulfonamides is 1. The van der Waals surface area contributed by atoms with Gasteiger partial charge in [-0.05, 0) is 74.5 Å². The van der Waals surface area contributed by atoms with Gasteiger partial charge in [-0.3, -0.25) is 19.8 Å². The molecule has 0 bridgehead atoms. The Labute approximate surface area is 328 Å². The second-order valence-corrected chi connectivity index (χ2v) is 15.6. The molecule has 1 aliphatic rings. The molecule has 1 fully saturated rings. The van der Waals surface area contributed by atoms with Gasteiger partial charge in [-0.15, -0.1) is 0 Å². The topological polar surface area (TPSA) is 245 Å². The Morgan fingerprint density at radius 1 is 0.893 bits per heavy atom. The molecular formula is C37H57N9O9S. The van der Waals surface area contributed by atoms with Crippen molar-refractivity contribution in [1.82, 2.24) is 25.3 Å². The molecule has 310 valence electrons. The fourth-order valence-corrected chi connectivity index (χ4v) is 7.61. The number of nitro groups is 2. The number of nitrogens with zero attached hydrogens (tertiary/aromatic N) is 5. The van der Waals surface area contributed by atoms with Gasteiger partial charge in [-0.25, -0.2) is 28.3 Å². The molecule has 56 heavy (non-hydrogen) atoms. The van der Waals surface area contributed by atoms with E-state index in [0.29, 0.717) is 38.3 Å². The summed E-state index contributed by atoms with van der Waals surface area (Å²) in [5, 5.41) is 23.2. The van der Waals surface area contributed by atoms with Crippen LogP contribution in [0, 0.1) is 27.2 Å². The highest BCUT2D eigenvalue weighted by molar-refractivity contribution is 7.89. The average molecular weight is 804 g/mol. The lowest BCUT2D eigenvalue weighted by Gasteiger charge is -2.36. The van der Waals surface area contributed by atoms with Crippen molar-refractivity contribution in [3.8, 4) is 0 Å². The summed E-state index contributed by atoms with van der Waals surface area (Å²) in [7, 11) is -3.99. The highest BCUT2D eigenvalue weighted by atomic mass is 32.2. The predicted molar refractivity (Wildman–Crippen MR) is 212 cm³/mol. The number of guanidine groups is 1. The van der Waals surface area contributed by atoms with Gasteiger partial charge in [0.25, 0.3) is 11.6 Å². The zero-order chi connectivity index (χ0) is 40.8. The number of aliphatic imine (C=N–C) groups is 1. The van der Waals surface area contributed by atoms with Crippen LogP contribution < -0.4 is 21.2 Å². The van der Waals surface area contributed by atoms with Crippen LogP contribution in [0.3, 0.4) is 0 Å². The van der Waals surface area contributed by atoms with Gasteiger partial charge in [-0.1, -0.05) is 68.9 Å². The van der Waals surface area contributed by atoms with Crippen molar-refractivity contribution in [1.29, 1.82) is 0 Å². The van der Waals surface area contributed by atoms with Crippen LogP contribution in [0.2, 0.25) is 0 Å². The van der Waals surface area contributed by atoms with E-state index in [1.165, 1.54) is 43.9 Å². The van der Waals surface area contributed by atoms with Crippen molar-refractivity contribution in [2.24, 2.45) is 10.7 Å². The van der Waals surface area contributed by atoms with Gasteiger partial charge in [0.05, 0.1) is 9.82 Å². The maximum absolute atomic E-state index is 13.6. The molecule has 0 unspecified atom stereocenters. The number of amides is 2. The summed E-state index contributed by atoms with van der Waals surface area (Å²) >= 11 is 0. The van der Waals surface area contributed by atoms with Crippen LogP contribution in [-0.4, -0.2) is 98.0 Å². The van der Waals surface area contributed by atoms with Crippen LogP contribution >= 0.6 is 0 Å². The van der Waals surface area contributed by atoms with E-state index in [4.69, 9.17) is 10.5 Å². The van der Waals surface area contributed by atoms with Crippen molar-refractivity contribution in [3.63, 3.8) is 0 Å². The molecule has 2 aromatic rings. The summed E-state index contributed by atoms with van der Waals surface area (Å²) in [6.45, 7) is 5.80. The summed E-state index contributed by atoms with van der Waals surface area (Å²) in [6, 6.07) is 11.3. The van der Waals surface area contributed by atoms with E-state index in [2.05, 4.69) is 19.9 Å². The number of ether oxygens (including phenoxy) is 1. The van der Waals surface area contributed by atoms with Gasteiger partial charge in [-0.2, -0.15) is 4.72 Å². The summed E-state index contributed by atoms with van der Waals surface area (Å²) in [6.07, 6.45) is 11.0. The van der Waals surface area contributed by atoms with E-state index in [9.17, 15) is 38.2 Å². The molecule has 18 nitrogen and oxygen atoms in total. The lowest BCUT2D eigenvalue weighted by molar-refractivity contribution is -0.525. The van der Waals surface area contributed by atoms with Crippen molar-refractivity contribution < 1.29 is 32.7 Å². The zero-order valence-corrected chi connectivity index (χ0v) is 33.1. The molecule has 0 aliphatic carbocycles. The molecule has 5 N–H and O–H groups in total. The number of carbonyl (C=O) groups is 2. The first-order chi connectivity index (χ1) is 26.8. The third-order valence-electron chi connectivity index (χ3n) is 9.41. The number of hydrogen-bond donors (Lipinski definition) is 4. The van der Waals surface area contributed by atoms with E-state index in [1.54, 1.807) is 47.6 Å². The molecule has 2 aromatic carbocycles. The van der Waals surface area contributed by atoms with E-state index in [0.717, 1.165) is 50.6 Å². The number of unbranched alkanes of at least 4 members (excludes halogenated alkanes) is 9. The maximum atomic E-state index is 13.6. The van der Waals surface area contributed by atoms with Gasteiger partial charge in [0.15, 0.2) is 5.03 Å². The quantitative estimate of drug-likeness (QED) is 0.0359. The number of non-ortho nitro benzene ring substituents is 1. The fraction of sp³-hybridized carbons (Fsp3) is 0.595. The molecule has 0 radical (unpaired) electrons. The molecule has 2 amide bonds. The van der Waals surface area contributed by atoms with E-state index < -0.39 is 32.1 Å². The number of nitrogens with two attached hydrogens (primary N) is 1. The van der Waals surface area contributed by atoms with Crippen LogP contribution in [0.15, 0.2) is 58.4 Å². The molecule has 1 saturated heterocycles. The van der Waals surface area contributed by atoms with Crippen molar-refractivity contribution in [2.75, 3.05) is 45.8 Å². The minimum Gasteiger partial charge on any atom is -0.445 e. The number of piperazine rings is 1. The molecule has 1 atom stereocenters. The Kier molecular flexibility index (Phi) is 20.0. The molecule has 1 heterocycles. The van der Waals surface area contributed by atoms with Crippen molar-refractivity contribution >= 4 is 33.7 Å². The molecule has 0 spiro atoms. The fourth-order valence-electron chi connectivity index (χ4n) is 6.29. The Morgan fingerprint density at radius 3 is 2.12 bits per heavy atom. The summed E-state index contributed by atoms with van der Waals surface area (Å²) in [4.78, 5) is 54.3. The third-order valence-corrected chi connectivity index (χ3v) is 10.9. The largest absolute Gasteiger partial charge is 0.445 e. The molecule has 3 rings (SSSR count). The van der Waals surface area contributed by atoms with Crippen LogP contribution in [0.25, 0.3) is 0 Å². The van der Waals surface area contributed by atoms with Crippen LogP contribution in [0.4, 0.5) is 10.5 Å². The van der Waals surface area contributed by atoms with Gasteiger partial charge in [0.2, 0.25) is 15.9 Å². The summed E-state index contributed by atoms with van der Waals surface area (Å²) in [5.74, 6) is -0.677. The zero-order valence-electron chi connectivity index (χ0n) is 32.2. The normalized spacial score (nSPS) is 14.2. The average Bonchev–Trinajstić information content (AvgIpc) is 3.16. The summed E-state index contributed by atoms with van der Waals surface area (Å²) < 4.78 is 34.2. The van der Waals surface area contributed by atoms with Gasteiger partial charge >= 0.3 is 6.09 Å². The lowest BCUT2D eigenvalue weighted by atomic mass is 10.1. The van der Waals surface area contributed by atoms with E-state index >= 15 is 0 Å². The van der Waals surface area contributed by atoms with Crippen LogP contribution in [0.1, 0.15) is 88.2 Å². The molecule has 0 aromatic heterocycles. The van der Waals surface area contributed by atoms with Crippen LogP contribution in [-0.2, 0) is 26.2 Å². The number of aryl methyl sites for hydroxylation is 1. The molecule has 1 aliphatic heterocycles. The number of rotatable bonds is 25. The lowest BCUT2D eigenvalue weighted by Crippen LogP contribution is -2.55. The first kappa shape index (κ1) is 45.5. The first-order valence-electron chi connectivity index (χ1n) is 19.3. The number of nitro benzene ring substituents is 1. The van der Waals surface area contributed by atoms with Crippen molar-refractivity contribution in [2.45, 2.75) is 102 Å². The Bertz CT molecular complexity index is 1690. The number of carbonyl (C=O) groups excluding carboxylic acids is 2. The minimum atomic E-state index is -3.99.